The van der Waals surface area contributed by atoms with Crippen LogP contribution < -0.4 is 0 Å². The van der Waals surface area contributed by atoms with E-state index in [4.69, 9.17) is 27.9 Å². The molecule has 0 amide bonds. The molecule has 29 heavy (non-hydrogen) atoms. The standard InChI is InChI=1S/C20H11Cl2N3O3S/c21-10-5-6-11-16(7-10)29-18(17(11)22)20(27)28-9-15(26)12(8-23)19-24-13-3-1-2-4-14(13)25-19/h1-7,26H,9H2,(H,24,25)/b15-12-. The number of allylic oxidation sites excluding steroid dienone is 1. The molecular formula is C20H11Cl2N3O3S. The number of carbonyl (C=O) groups is 1. The molecule has 0 unspecified atom stereocenters. The zero-order chi connectivity index (χ0) is 20.5. The number of benzene rings is 2. The van der Waals surface area contributed by atoms with Gasteiger partial charge in [-0.2, -0.15) is 5.26 Å². The summed E-state index contributed by atoms with van der Waals surface area (Å²) in [6.45, 7) is -0.496. The topological polar surface area (TPSA) is 99.0 Å². The van der Waals surface area contributed by atoms with E-state index in [1.807, 2.05) is 18.2 Å². The van der Waals surface area contributed by atoms with Gasteiger partial charge in [0.1, 0.15) is 23.1 Å². The molecule has 0 aliphatic rings. The monoisotopic (exact) mass is 443 g/mol. The van der Waals surface area contributed by atoms with E-state index in [2.05, 4.69) is 9.97 Å². The Morgan fingerprint density at radius 3 is 2.83 bits per heavy atom. The normalized spacial score (nSPS) is 12.0. The van der Waals surface area contributed by atoms with Gasteiger partial charge in [0, 0.05) is 15.1 Å². The lowest BCUT2D eigenvalue weighted by Crippen LogP contribution is -2.08. The van der Waals surface area contributed by atoms with E-state index in [1.54, 1.807) is 30.3 Å². The van der Waals surface area contributed by atoms with Crippen molar-refractivity contribution >= 4 is 67.2 Å². The van der Waals surface area contributed by atoms with Crippen LogP contribution in [0.5, 0.6) is 0 Å². The number of nitriles is 1. The number of aliphatic hydroxyl groups is 1. The molecule has 0 atom stereocenters. The molecule has 0 saturated carbocycles. The number of nitrogens with zero attached hydrogens (tertiary/aromatic N) is 2. The fourth-order valence-electron chi connectivity index (χ4n) is 2.77. The van der Waals surface area contributed by atoms with Crippen LogP contribution in [0.1, 0.15) is 15.5 Å². The van der Waals surface area contributed by atoms with Crippen molar-refractivity contribution < 1.29 is 14.6 Å². The second-order valence-corrected chi connectivity index (χ2v) is 7.86. The molecule has 144 valence electrons. The number of nitrogens with one attached hydrogen (secondary N) is 1. The molecule has 2 aromatic carbocycles. The van der Waals surface area contributed by atoms with Gasteiger partial charge in [0.2, 0.25) is 0 Å². The number of imidazole rings is 1. The second-order valence-electron chi connectivity index (χ2n) is 6.00. The first kappa shape index (κ1) is 19.3. The number of rotatable bonds is 4. The van der Waals surface area contributed by atoms with Gasteiger partial charge in [0.15, 0.2) is 11.6 Å². The molecule has 0 bridgehead atoms. The predicted molar refractivity (Wildman–Crippen MR) is 113 cm³/mol. The Bertz CT molecular complexity index is 1300. The first-order valence-electron chi connectivity index (χ1n) is 8.30. The summed E-state index contributed by atoms with van der Waals surface area (Å²) in [5.74, 6) is -0.933. The van der Waals surface area contributed by atoms with Gasteiger partial charge in [0.05, 0.1) is 16.1 Å². The van der Waals surface area contributed by atoms with Crippen molar-refractivity contribution in [2.75, 3.05) is 6.61 Å². The number of para-hydroxylation sites is 2. The van der Waals surface area contributed by atoms with Crippen molar-refractivity contribution in [3.63, 3.8) is 0 Å². The van der Waals surface area contributed by atoms with E-state index in [1.165, 1.54) is 0 Å². The molecular weight excluding hydrogens is 433 g/mol. The van der Waals surface area contributed by atoms with Crippen molar-refractivity contribution in [2.24, 2.45) is 0 Å². The lowest BCUT2D eigenvalue weighted by Gasteiger charge is -2.04. The minimum Gasteiger partial charge on any atom is -0.507 e. The lowest BCUT2D eigenvalue weighted by atomic mass is 10.2. The SMILES string of the molecule is N#C/C(=C(/O)COC(=O)c1sc2cc(Cl)ccc2c1Cl)c1nc2ccccc2[nH]1. The maximum Gasteiger partial charge on any atom is 0.350 e. The van der Waals surface area contributed by atoms with Crippen LogP contribution in [-0.2, 0) is 4.74 Å². The van der Waals surface area contributed by atoms with E-state index in [9.17, 15) is 15.2 Å². The number of aromatic amines is 1. The number of aliphatic hydroxyl groups excluding tert-OH is 1. The molecule has 2 heterocycles. The summed E-state index contributed by atoms with van der Waals surface area (Å²) in [7, 11) is 0. The summed E-state index contributed by atoms with van der Waals surface area (Å²) in [6, 6.07) is 14.2. The molecule has 0 fully saturated rings. The average Bonchev–Trinajstić information content (AvgIpc) is 3.27. The Kier molecular flexibility index (Phi) is 5.16. The molecule has 0 aliphatic heterocycles. The zero-order valence-electron chi connectivity index (χ0n) is 14.6. The van der Waals surface area contributed by atoms with E-state index in [-0.39, 0.29) is 21.3 Å². The second kappa shape index (κ2) is 7.76. The average molecular weight is 444 g/mol. The molecule has 4 rings (SSSR count). The summed E-state index contributed by atoms with van der Waals surface area (Å²) in [4.78, 5) is 19.9. The predicted octanol–water partition coefficient (Wildman–Crippen LogP) is 5.73. The number of carbonyl (C=O) groups excluding carboxylic acids is 1. The summed E-state index contributed by atoms with van der Waals surface area (Å²) in [6.07, 6.45) is 0. The van der Waals surface area contributed by atoms with Crippen molar-refractivity contribution in [3.05, 3.63) is 69.0 Å². The molecule has 4 aromatic rings. The van der Waals surface area contributed by atoms with E-state index in [0.717, 1.165) is 21.6 Å². The maximum atomic E-state index is 12.4. The van der Waals surface area contributed by atoms with Gasteiger partial charge in [0.25, 0.3) is 0 Å². The summed E-state index contributed by atoms with van der Waals surface area (Å²) in [5.41, 5.74) is 1.26. The first-order chi connectivity index (χ1) is 14.0. The van der Waals surface area contributed by atoms with E-state index < -0.39 is 18.3 Å². The van der Waals surface area contributed by atoms with Crippen LogP contribution in [0.3, 0.4) is 0 Å². The third-order valence-electron chi connectivity index (χ3n) is 4.14. The third kappa shape index (κ3) is 3.66. The molecule has 0 spiro atoms. The molecule has 6 nitrogen and oxygen atoms in total. The molecule has 0 saturated heterocycles. The lowest BCUT2D eigenvalue weighted by molar-refractivity contribution is 0.0508. The van der Waals surface area contributed by atoms with Crippen LogP contribution in [0.4, 0.5) is 0 Å². The molecule has 9 heteroatoms. The quantitative estimate of drug-likeness (QED) is 0.238. The largest absolute Gasteiger partial charge is 0.507 e. The van der Waals surface area contributed by atoms with Crippen molar-refractivity contribution in [1.29, 1.82) is 5.26 Å². The van der Waals surface area contributed by atoms with Gasteiger partial charge in [-0.05, 0) is 24.3 Å². The number of aromatic nitrogens is 2. The fourth-order valence-corrected chi connectivity index (χ4v) is 4.45. The smallest absolute Gasteiger partial charge is 0.350 e. The van der Waals surface area contributed by atoms with Gasteiger partial charge >= 0.3 is 5.97 Å². The minimum atomic E-state index is -0.708. The zero-order valence-corrected chi connectivity index (χ0v) is 16.9. The number of hydrogen-bond donors (Lipinski definition) is 2. The van der Waals surface area contributed by atoms with Crippen molar-refractivity contribution in [1.82, 2.24) is 9.97 Å². The van der Waals surface area contributed by atoms with Gasteiger partial charge in [-0.25, -0.2) is 9.78 Å². The number of thiophene rings is 1. The maximum absolute atomic E-state index is 12.4. The number of ether oxygens (including phenoxy) is 1. The molecule has 2 aromatic heterocycles. The van der Waals surface area contributed by atoms with Crippen LogP contribution in [0.2, 0.25) is 10.0 Å². The van der Waals surface area contributed by atoms with E-state index >= 15 is 0 Å². The highest BCUT2D eigenvalue weighted by atomic mass is 35.5. The number of hydrogen-bond acceptors (Lipinski definition) is 6. The van der Waals surface area contributed by atoms with Gasteiger partial charge in [-0.15, -0.1) is 11.3 Å². The number of H-pyrrole nitrogens is 1. The van der Waals surface area contributed by atoms with Crippen LogP contribution >= 0.6 is 34.5 Å². The van der Waals surface area contributed by atoms with E-state index in [0.29, 0.717) is 15.9 Å². The molecule has 2 N–H and O–H groups in total. The van der Waals surface area contributed by atoms with Gasteiger partial charge in [-0.1, -0.05) is 41.4 Å². The van der Waals surface area contributed by atoms with Gasteiger partial charge < -0.3 is 14.8 Å². The number of esters is 1. The Labute approximate surface area is 178 Å². The summed E-state index contributed by atoms with van der Waals surface area (Å²) < 4.78 is 5.91. The summed E-state index contributed by atoms with van der Waals surface area (Å²) >= 11 is 13.4. The van der Waals surface area contributed by atoms with Crippen LogP contribution in [0, 0.1) is 11.3 Å². The first-order valence-corrected chi connectivity index (χ1v) is 9.87. The van der Waals surface area contributed by atoms with Crippen molar-refractivity contribution in [3.8, 4) is 6.07 Å². The number of fused-ring (bicyclic) bond motifs is 2. The Morgan fingerprint density at radius 1 is 1.28 bits per heavy atom. The number of halogens is 2. The van der Waals surface area contributed by atoms with Gasteiger partial charge in [-0.3, -0.25) is 0 Å². The highest BCUT2D eigenvalue weighted by Gasteiger charge is 2.20. The third-order valence-corrected chi connectivity index (χ3v) is 6.02. The van der Waals surface area contributed by atoms with Crippen LogP contribution in [0.25, 0.3) is 26.7 Å². The Balaban J connectivity index is 1.57. The Morgan fingerprint density at radius 2 is 2.07 bits per heavy atom. The molecule has 0 aliphatic carbocycles. The molecule has 0 radical (unpaired) electrons. The fraction of sp³-hybridized carbons (Fsp3) is 0.0500. The minimum absolute atomic E-state index is 0.108. The Hall–Kier alpha value is -3.05. The van der Waals surface area contributed by atoms with Crippen molar-refractivity contribution in [2.45, 2.75) is 0 Å². The summed E-state index contributed by atoms with van der Waals surface area (Å²) in [5, 5.41) is 21.2. The highest BCUT2D eigenvalue weighted by Crippen LogP contribution is 2.37. The highest BCUT2D eigenvalue weighted by molar-refractivity contribution is 7.21. The van der Waals surface area contributed by atoms with Crippen LogP contribution in [-0.4, -0.2) is 27.7 Å². The van der Waals surface area contributed by atoms with Crippen LogP contribution in [0.15, 0.2) is 48.2 Å².